The predicted molar refractivity (Wildman–Crippen MR) is 67.7 cm³/mol. The molecule has 0 aromatic heterocycles. The van der Waals surface area contributed by atoms with Crippen molar-refractivity contribution in [2.24, 2.45) is 0 Å². The zero-order chi connectivity index (χ0) is 12.4. The van der Waals surface area contributed by atoms with Gasteiger partial charge < -0.3 is 19.7 Å². The van der Waals surface area contributed by atoms with E-state index in [1.54, 1.807) is 0 Å². The van der Waals surface area contributed by atoms with Gasteiger partial charge in [-0.3, -0.25) is 0 Å². The van der Waals surface area contributed by atoms with Crippen LogP contribution in [0.15, 0.2) is 0 Å². The number of hydrogen-bond donors (Lipinski definition) is 1. The first kappa shape index (κ1) is 15.8. The second kappa shape index (κ2) is 10.0. The minimum atomic E-state index is -0.0611. The number of ether oxygens (including phenoxy) is 2. The normalized spacial score (nSPS) is 13.7. The Kier molecular flexibility index (Phi) is 9.92. The van der Waals surface area contributed by atoms with Crippen LogP contribution >= 0.6 is 0 Å². The minimum Gasteiger partial charge on any atom is -0.353 e. The van der Waals surface area contributed by atoms with Crippen LogP contribution in [0.1, 0.15) is 27.2 Å². The van der Waals surface area contributed by atoms with Gasteiger partial charge in [-0.1, -0.05) is 0 Å². The Labute approximate surface area is 100 Å². The molecule has 1 N–H and O–H groups in total. The van der Waals surface area contributed by atoms with E-state index < -0.39 is 0 Å². The lowest BCUT2D eigenvalue weighted by Crippen LogP contribution is -2.37. The van der Waals surface area contributed by atoms with E-state index in [0.29, 0.717) is 19.3 Å². The van der Waals surface area contributed by atoms with E-state index in [4.69, 9.17) is 9.47 Å². The zero-order valence-corrected chi connectivity index (χ0v) is 11.5. The lowest BCUT2D eigenvalue weighted by Gasteiger charge is -2.21. The Morgan fingerprint density at radius 3 is 2.12 bits per heavy atom. The fourth-order valence-electron chi connectivity index (χ4n) is 1.65. The second-order valence-electron chi connectivity index (χ2n) is 4.25. The van der Waals surface area contributed by atoms with Gasteiger partial charge in [0.1, 0.15) is 0 Å². The van der Waals surface area contributed by atoms with Gasteiger partial charge in [0.2, 0.25) is 0 Å². The van der Waals surface area contributed by atoms with Gasteiger partial charge >= 0.3 is 0 Å². The van der Waals surface area contributed by atoms with Crippen molar-refractivity contribution in [2.45, 2.75) is 39.5 Å². The third-order valence-electron chi connectivity index (χ3n) is 2.22. The van der Waals surface area contributed by atoms with Crippen LogP contribution in [0.25, 0.3) is 0 Å². The minimum absolute atomic E-state index is 0.0611. The van der Waals surface area contributed by atoms with E-state index in [-0.39, 0.29) is 6.29 Å². The summed E-state index contributed by atoms with van der Waals surface area (Å²) < 4.78 is 10.9. The van der Waals surface area contributed by atoms with Crippen molar-refractivity contribution in [3.8, 4) is 0 Å². The lowest BCUT2D eigenvalue weighted by atomic mass is 10.3. The quantitative estimate of drug-likeness (QED) is 0.576. The summed E-state index contributed by atoms with van der Waals surface area (Å²) in [6.07, 6.45) is 0.841. The molecule has 0 aromatic carbocycles. The van der Waals surface area contributed by atoms with Crippen molar-refractivity contribution < 1.29 is 9.47 Å². The molecule has 0 fully saturated rings. The van der Waals surface area contributed by atoms with E-state index in [2.05, 4.69) is 31.2 Å². The van der Waals surface area contributed by atoms with Gasteiger partial charge in [-0.25, -0.2) is 0 Å². The van der Waals surface area contributed by atoms with Gasteiger partial charge in [0.25, 0.3) is 0 Å². The molecule has 16 heavy (non-hydrogen) atoms. The number of nitrogens with zero attached hydrogens (tertiary/aromatic N) is 1. The highest BCUT2D eigenvalue weighted by Crippen LogP contribution is 2.00. The highest BCUT2D eigenvalue weighted by Gasteiger charge is 2.08. The van der Waals surface area contributed by atoms with Crippen LogP contribution in [-0.4, -0.2) is 57.6 Å². The molecule has 0 amide bonds. The summed E-state index contributed by atoms with van der Waals surface area (Å²) in [6, 6.07) is 0.499. The van der Waals surface area contributed by atoms with Gasteiger partial charge in [-0.2, -0.15) is 0 Å². The van der Waals surface area contributed by atoms with Crippen LogP contribution in [0.4, 0.5) is 0 Å². The van der Waals surface area contributed by atoms with Gasteiger partial charge in [-0.15, -0.1) is 0 Å². The van der Waals surface area contributed by atoms with Crippen LogP contribution in [0.3, 0.4) is 0 Å². The largest absolute Gasteiger partial charge is 0.353 e. The highest BCUT2D eigenvalue weighted by molar-refractivity contribution is 4.63. The van der Waals surface area contributed by atoms with Crippen molar-refractivity contribution in [2.75, 3.05) is 40.4 Å². The van der Waals surface area contributed by atoms with Crippen LogP contribution in [0, 0.1) is 0 Å². The maximum Gasteiger partial charge on any atom is 0.158 e. The second-order valence-corrected chi connectivity index (χ2v) is 4.25. The molecule has 0 heterocycles. The predicted octanol–water partition coefficient (Wildman–Crippen LogP) is 1.32. The first-order valence-corrected chi connectivity index (χ1v) is 6.21. The smallest absolute Gasteiger partial charge is 0.158 e. The van der Waals surface area contributed by atoms with E-state index in [1.165, 1.54) is 0 Å². The molecule has 0 aliphatic heterocycles. The fourth-order valence-corrected chi connectivity index (χ4v) is 1.65. The maximum absolute atomic E-state index is 5.47. The van der Waals surface area contributed by atoms with E-state index in [1.807, 2.05) is 13.8 Å². The Morgan fingerprint density at radius 1 is 1.12 bits per heavy atom. The molecule has 0 saturated heterocycles. The Bertz CT molecular complexity index is 148. The third kappa shape index (κ3) is 9.09. The fraction of sp³-hybridized carbons (Fsp3) is 1.00. The van der Waals surface area contributed by atoms with Gasteiger partial charge in [0.05, 0.1) is 0 Å². The van der Waals surface area contributed by atoms with Crippen molar-refractivity contribution in [1.82, 2.24) is 10.2 Å². The van der Waals surface area contributed by atoms with Crippen LogP contribution in [0.5, 0.6) is 0 Å². The monoisotopic (exact) mass is 232 g/mol. The van der Waals surface area contributed by atoms with Crippen molar-refractivity contribution in [3.63, 3.8) is 0 Å². The molecule has 4 nitrogen and oxygen atoms in total. The summed E-state index contributed by atoms with van der Waals surface area (Å²) >= 11 is 0. The Hall–Kier alpha value is -0.160. The zero-order valence-electron chi connectivity index (χ0n) is 11.5. The third-order valence-corrected chi connectivity index (χ3v) is 2.22. The summed E-state index contributed by atoms with van der Waals surface area (Å²) in [7, 11) is 4.17. The molecule has 98 valence electrons. The van der Waals surface area contributed by atoms with E-state index >= 15 is 0 Å². The van der Waals surface area contributed by atoms with Crippen LogP contribution in [-0.2, 0) is 9.47 Å². The topological polar surface area (TPSA) is 33.7 Å². The van der Waals surface area contributed by atoms with E-state index in [9.17, 15) is 0 Å². The lowest BCUT2D eigenvalue weighted by molar-refractivity contribution is -0.138. The summed E-state index contributed by atoms with van der Waals surface area (Å²) in [6.45, 7) is 9.57. The van der Waals surface area contributed by atoms with Crippen LogP contribution < -0.4 is 5.32 Å². The summed E-state index contributed by atoms with van der Waals surface area (Å²) in [5, 5.41) is 3.46. The molecule has 0 aliphatic rings. The molecular weight excluding hydrogens is 204 g/mol. The standard InChI is InChI=1S/C12H28N2O2/c1-6-15-12(16-7-2)8-9-13-11(3)10-14(4)5/h11-13H,6-10H2,1-5H3. The van der Waals surface area contributed by atoms with Crippen molar-refractivity contribution >= 4 is 0 Å². The summed E-state index contributed by atoms with van der Waals surface area (Å²) in [5.41, 5.74) is 0. The molecule has 0 rings (SSSR count). The number of hydrogen-bond acceptors (Lipinski definition) is 4. The van der Waals surface area contributed by atoms with E-state index in [0.717, 1.165) is 19.5 Å². The van der Waals surface area contributed by atoms with Crippen LogP contribution in [0.2, 0.25) is 0 Å². The molecule has 1 atom stereocenters. The highest BCUT2D eigenvalue weighted by atomic mass is 16.7. The molecule has 4 heteroatoms. The molecule has 0 radical (unpaired) electrons. The Morgan fingerprint density at radius 2 is 1.69 bits per heavy atom. The Balaban J connectivity index is 3.59. The average Bonchev–Trinajstić information content (AvgIpc) is 2.17. The molecule has 0 saturated carbocycles. The molecular formula is C12H28N2O2. The first-order valence-electron chi connectivity index (χ1n) is 6.21. The SMILES string of the molecule is CCOC(CCNC(C)CN(C)C)OCC. The average molecular weight is 232 g/mol. The molecule has 1 unspecified atom stereocenters. The number of rotatable bonds is 10. The molecule has 0 bridgehead atoms. The summed E-state index contributed by atoms with van der Waals surface area (Å²) in [4.78, 5) is 2.18. The van der Waals surface area contributed by atoms with Gasteiger partial charge in [0, 0.05) is 38.8 Å². The van der Waals surface area contributed by atoms with Gasteiger partial charge in [0.15, 0.2) is 6.29 Å². The van der Waals surface area contributed by atoms with Gasteiger partial charge in [-0.05, 0) is 34.9 Å². The molecule has 0 aliphatic carbocycles. The molecule has 0 spiro atoms. The molecule has 0 aromatic rings. The maximum atomic E-state index is 5.47. The summed E-state index contributed by atoms with van der Waals surface area (Å²) in [5.74, 6) is 0. The number of likely N-dealkylation sites (N-methyl/N-ethyl adjacent to an activating group) is 1. The first-order chi connectivity index (χ1) is 7.60. The van der Waals surface area contributed by atoms with Crippen molar-refractivity contribution in [1.29, 1.82) is 0 Å². The number of nitrogens with one attached hydrogen (secondary N) is 1. The van der Waals surface area contributed by atoms with Crippen molar-refractivity contribution in [3.05, 3.63) is 0 Å².